The van der Waals surface area contributed by atoms with E-state index in [1.807, 2.05) is 7.05 Å². The Balaban J connectivity index is 1.26. The number of nitrogens with one attached hydrogen (secondary N) is 1. The number of phenolic OH excluding ortho intramolecular Hbond substituents is 2. The van der Waals surface area contributed by atoms with Gasteiger partial charge < -0.3 is 45.7 Å². The van der Waals surface area contributed by atoms with Crippen LogP contribution in [0, 0.1) is 0 Å². The lowest BCUT2D eigenvalue weighted by atomic mass is 10.0. The Morgan fingerprint density at radius 3 is 2.50 bits per heavy atom. The van der Waals surface area contributed by atoms with Gasteiger partial charge in [-0.2, -0.15) is 0 Å². The smallest absolute Gasteiger partial charge is 0.352 e. The maximum Gasteiger partial charge on any atom is 0.352 e. The number of thiazole rings is 1. The molecule has 2 aromatic rings. The van der Waals surface area contributed by atoms with E-state index in [0.29, 0.717) is 42.8 Å². The summed E-state index contributed by atoms with van der Waals surface area (Å²) in [7, 11) is 1.94. The number of oxime groups is 1. The summed E-state index contributed by atoms with van der Waals surface area (Å²) in [5.74, 6) is -4.88. The topological polar surface area (TPSA) is 245 Å². The van der Waals surface area contributed by atoms with Crippen molar-refractivity contribution in [3.63, 3.8) is 0 Å². The predicted octanol–water partition coefficient (Wildman–Crippen LogP) is -0.717. The van der Waals surface area contributed by atoms with Crippen LogP contribution in [0.2, 0.25) is 0 Å². The molecule has 0 radical (unpaired) electrons. The first-order valence-corrected chi connectivity index (χ1v) is 15.7. The Labute approximate surface area is 269 Å². The number of likely N-dealkylation sites (N-methyl/N-ethyl adjacent to an activating group) is 1. The Hall–Kier alpha value is -4.88. The van der Waals surface area contributed by atoms with E-state index < -0.39 is 53.2 Å². The second-order valence-electron chi connectivity index (χ2n) is 11.0. The number of carbonyl (C=O) groups is 5. The van der Waals surface area contributed by atoms with Gasteiger partial charge in [0.05, 0.1) is 33.2 Å². The molecule has 0 spiro atoms. The minimum Gasteiger partial charge on any atom is -0.504 e. The molecule has 46 heavy (non-hydrogen) atoms. The summed E-state index contributed by atoms with van der Waals surface area (Å²) in [6, 6.07) is 2.78. The van der Waals surface area contributed by atoms with Crippen molar-refractivity contribution >= 4 is 63.6 Å². The molecule has 17 nitrogen and oxygen atoms in total. The number of nitrogens with zero attached hydrogens (tertiary/aromatic N) is 5. The number of carboxylic acid groups (broad SMARTS) is 2. The third kappa shape index (κ3) is 6.56. The number of hydrogen-bond donors (Lipinski definition) is 6. The first-order chi connectivity index (χ1) is 21.8. The summed E-state index contributed by atoms with van der Waals surface area (Å²) in [5, 5.41) is 45.2. The minimum atomic E-state index is -1.32. The number of hydrogen-bond acceptors (Lipinski definition) is 13. The van der Waals surface area contributed by atoms with E-state index in [4.69, 9.17) is 15.7 Å². The van der Waals surface area contributed by atoms with Gasteiger partial charge in [0, 0.05) is 22.3 Å². The van der Waals surface area contributed by atoms with Crippen molar-refractivity contribution in [2.45, 2.75) is 11.4 Å². The number of anilines is 1. The van der Waals surface area contributed by atoms with Crippen LogP contribution < -0.4 is 11.1 Å². The first-order valence-electron chi connectivity index (χ1n) is 13.8. The summed E-state index contributed by atoms with van der Waals surface area (Å²) >= 11 is 2.30. The quantitative estimate of drug-likeness (QED) is 0.0599. The Morgan fingerprint density at radius 1 is 1.17 bits per heavy atom. The number of quaternary nitrogens is 1. The number of phenols is 2. The van der Waals surface area contributed by atoms with Gasteiger partial charge in [-0.1, -0.05) is 5.16 Å². The Kier molecular flexibility index (Phi) is 9.08. The van der Waals surface area contributed by atoms with E-state index in [0.717, 1.165) is 16.2 Å². The average molecular weight is 677 g/mol. The summed E-state index contributed by atoms with van der Waals surface area (Å²) in [6.45, 7) is 1.22. The summed E-state index contributed by atoms with van der Waals surface area (Å²) in [6.07, 6.45) is 0. The second kappa shape index (κ2) is 12.9. The minimum absolute atomic E-state index is 0.0127. The van der Waals surface area contributed by atoms with Crippen LogP contribution in [0.25, 0.3) is 0 Å². The van der Waals surface area contributed by atoms with Crippen LogP contribution in [0.4, 0.5) is 5.13 Å². The fourth-order valence-electron chi connectivity index (χ4n) is 5.38. The molecule has 3 amide bonds. The highest BCUT2D eigenvalue weighted by Gasteiger charge is 2.55. The molecule has 2 atom stereocenters. The van der Waals surface area contributed by atoms with Gasteiger partial charge in [0.15, 0.2) is 22.3 Å². The number of nitrogen functional groups attached to an aromatic ring is 1. The molecule has 5 rings (SSSR count). The number of fused-ring (bicyclic) bond motifs is 1. The molecule has 2 saturated heterocycles. The molecule has 7 N–H and O–H groups in total. The highest BCUT2D eigenvalue weighted by molar-refractivity contribution is 8.00. The number of thioether (sulfide) groups is 1. The third-order valence-corrected chi connectivity index (χ3v) is 9.78. The number of amides is 3. The number of aliphatic carboxylic acids is 2. The van der Waals surface area contributed by atoms with E-state index in [1.54, 1.807) is 4.90 Å². The van der Waals surface area contributed by atoms with Gasteiger partial charge in [0.1, 0.15) is 29.4 Å². The van der Waals surface area contributed by atoms with Gasteiger partial charge in [0.25, 0.3) is 17.7 Å². The summed E-state index contributed by atoms with van der Waals surface area (Å²) in [4.78, 5) is 74.1. The highest BCUT2D eigenvalue weighted by atomic mass is 32.2. The van der Waals surface area contributed by atoms with Gasteiger partial charge in [0.2, 0.25) is 6.61 Å². The lowest BCUT2D eigenvalue weighted by Gasteiger charge is -2.50. The molecular weight excluding hydrogens is 646 g/mol. The van der Waals surface area contributed by atoms with Gasteiger partial charge in [-0.3, -0.25) is 19.3 Å². The molecule has 2 fully saturated rings. The lowest BCUT2D eigenvalue weighted by molar-refractivity contribution is -0.908. The van der Waals surface area contributed by atoms with Crippen molar-refractivity contribution in [3.05, 3.63) is 46.1 Å². The maximum absolute atomic E-state index is 13.3. The van der Waals surface area contributed by atoms with Crippen molar-refractivity contribution in [2.75, 3.05) is 57.9 Å². The fraction of sp³-hybridized carbons (Fsp3) is 0.370. The van der Waals surface area contributed by atoms with E-state index in [-0.39, 0.29) is 39.5 Å². The number of carboxylic acids is 2. The number of aromatic nitrogens is 1. The second-order valence-corrected chi connectivity index (χ2v) is 13.0. The number of β-lactam (4-membered cyclic amide) rings is 1. The van der Waals surface area contributed by atoms with E-state index in [9.17, 15) is 39.3 Å². The summed E-state index contributed by atoms with van der Waals surface area (Å²) < 4.78 is 0.414. The molecule has 1 aromatic carbocycles. The molecule has 1 aromatic heterocycles. The molecule has 3 aliphatic heterocycles. The number of nitrogens with two attached hydrogens (primary N) is 1. The van der Waals surface area contributed by atoms with Crippen LogP contribution >= 0.6 is 23.1 Å². The van der Waals surface area contributed by atoms with Crippen molar-refractivity contribution in [1.29, 1.82) is 0 Å². The highest BCUT2D eigenvalue weighted by Crippen LogP contribution is 2.41. The molecule has 244 valence electrons. The SMILES string of the molecule is C[N+]1(CC2=C(C(=O)O)N3C(=O)[C@@H](NC(=O)C(=NOCC(=O)O)c4csc(N)n4)[C@@H]3SC2)CCN(C(=O)c2ccc(O)c(O)c2)CC1. The van der Waals surface area contributed by atoms with Gasteiger partial charge in [-0.25, -0.2) is 14.6 Å². The molecule has 4 heterocycles. The first kappa shape index (κ1) is 32.5. The molecule has 0 unspecified atom stereocenters. The maximum atomic E-state index is 13.3. The molecule has 19 heteroatoms. The average Bonchev–Trinajstić information content (AvgIpc) is 3.44. The Bertz CT molecular complexity index is 1670. The fourth-order valence-corrected chi connectivity index (χ4v) is 7.26. The van der Waals surface area contributed by atoms with Crippen LogP contribution in [0.1, 0.15) is 16.1 Å². The zero-order valence-corrected chi connectivity index (χ0v) is 25.9. The zero-order valence-electron chi connectivity index (χ0n) is 24.3. The van der Waals surface area contributed by atoms with Crippen LogP contribution in [0.3, 0.4) is 0 Å². The number of piperazine rings is 1. The predicted molar refractivity (Wildman–Crippen MR) is 163 cm³/mol. The standard InChI is InChI=1S/C27H29N7O10S2/c1-34(6-4-32(5-7-34)23(40)13-2-3-16(35)17(36)8-13)9-14-11-45-25-20(24(41)33(25)21(14)26(42)43)30-22(39)19(31-44-10-18(37)38)15-12-46-27(28)29-15/h2-3,8,12,20,25H,4-7,9-11H2,1H3,(H6-,28,29,30,31,35,36,37,38,39,40,42,43)/p+1/t20-,25+/m1/s1. The molecule has 0 saturated carbocycles. The monoisotopic (exact) mass is 676 g/mol. The van der Waals surface area contributed by atoms with Crippen molar-refractivity contribution in [3.8, 4) is 11.5 Å². The number of aromatic hydroxyl groups is 2. The normalized spacial score (nSPS) is 20.9. The molecular formula is C27H30N7O10S2+. The van der Waals surface area contributed by atoms with Crippen LogP contribution in [0.5, 0.6) is 11.5 Å². The molecule has 0 bridgehead atoms. The largest absolute Gasteiger partial charge is 0.504 e. The van der Waals surface area contributed by atoms with Crippen LogP contribution in [0.15, 0.2) is 40.0 Å². The van der Waals surface area contributed by atoms with Gasteiger partial charge in [-0.05, 0) is 18.2 Å². The van der Waals surface area contributed by atoms with Crippen molar-refractivity contribution < 1.29 is 53.7 Å². The van der Waals surface area contributed by atoms with Crippen LogP contribution in [-0.2, 0) is 24.0 Å². The van der Waals surface area contributed by atoms with E-state index in [2.05, 4.69) is 15.5 Å². The van der Waals surface area contributed by atoms with Gasteiger partial charge in [-0.15, -0.1) is 23.1 Å². The van der Waals surface area contributed by atoms with Crippen LogP contribution in [-0.4, -0.2) is 139 Å². The third-order valence-electron chi connectivity index (χ3n) is 7.76. The molecule has 0 aliphatic carbocycles. The zero-order chi connectivity index (χ0) is 33.3. The van der Waals surface area contributed by atoms with E-state index in [1.165, 1.54) is 35.3 Å². The number of benzene rings is 1. The summed E-state index contributed by atoms with van der Waals surface area (Å²) in [5.41, 5.74) is 5.90. The van der Waals surface area contributed by atoms with Crippen molar-refractivity contribution in [2.24, 2.45) is 5.16 Å². The van der Waals surface area contributed by atoms with Gasteiger partial charge >= 0.3 is 11.9 Å². The van der Waals surface area contributed by atoms with Crippen molar-refractivity contribution in [1.82, 2.24) is 20.1 Å². The Morgan fingerprint density at radius 2 is 1.89 bits per heavy atom. The molecule has 3 aliphatic rings. The number of rotatable bonds is 10. The van der Waals surface area contributed by atoms with E-state index >= 15 is 0 Å². The lowest BCUT2D eigenvalue weighted by Crippen LogP contribution is -2.71. The number of carbonyl (C=O) groups excluding carboxylic acids is 3.